The van der Waals surface area contributed by atoms with Gasteiger partial charge in [-0.25, -0.2) is 0 Å². The van der Waals surface area contributed by atoms with Crippen LogP contribution in [0.25, 0.3) is 0 Å². The number of nitrogens with zero attached hydrogens (tertiary/aromatic N) is 1. The van der Waals surface area contributed by atoms with E-state index in [1.165, 1.54) is 0 Å². The second-order valence-corrected chi connectivity index (χ2v) is 4.57. The molecule has 18 heavy (non-hydrogen) atoms. The molecule has 0 radical (unpaired) electrons. The summed E-state index contributed by atoms with van der Waals surface area (Å²) in [6, 6.07) is 5.85. The molecule has 0 amide bonds. The van der Waals surface area contributed by atoms with E-state index in [1.54, 1.807) is 20.3 Å². The molecule has 0 fully saturated rings. The van der Waals surface area contributed by atoms with Gasteiger partial charge in [0, 0.05) is 26.8 Å². The van der Waals surface area contributed by atoms with Gasteiger partial charge in [0.15, 0.2) is 0 Å². The number of ether oxygens (including phenoxy) is 2. The predicted molar refractivity (Wildman–Crippen MR) is 76.4 cm³/mol. The lowest BCUT2D eigenvalue weighted by atomic mass is 10.2. The zero-order chi connectivity index (χ0) is 13.5. The van der Waals surface area contributed by atoms with Gasteiger partial charge in [0.25, 0.3) is 0 Å². The van der Waals surface area contributed by atoms with Crippen molar-refractivity contribution < 1.29 is 9.47 Å². The van der Waals surface area contributed by atoms with E-state index in [9.17, 15) is 0 Å². The van der Waals surface area contributed by atoms with E-state index in [1.807, 2.05) is 12.1 Å². The van der Waals surface area contributed by atoms with E-state index in [0.717, 1.165) is 12.2 Å². The summed E-state index contributed by atoms with van der Waals surface area (Å²) in [7, 11) is 3.37. The van der Waals surface area contributed by atoms with Gasteiger partial charge in [0.05, 0.1) is 29.6 Å². The maximum Gasteiger partial charge on any atom is 0.0741 e. The van der Waals surface area contributed by atoms with Crippen molar-refractivity contribution in [3.63, 3.8) is 0 Å². The minimum absolute atomic E-state index is 0.200. The van der Waals surface area contributed by atoms with Crippen LogP contribution in [0.3, 0.4) is 0 Å². The maximum atomic E-state index is 6.06. The SMILES string of the molecule is COCCN(c1cccc(Cl)c1N)C(C)COC. The van der Waals surface area contributed by atoms with Crippen LogP contribution in [0.15, 0.2) is 18.2 Å². The summed E-state index contributed by atoms with van der Waals surface area (Å²) in [6.45, 7) is 4.07. The highest BCUT2D eigenvalue weighted by molar-refractivity contribution is 6.33. The number of hydrogen-bond donors (Lipinski definition) is 1. The third-order valence-electron chi connectivity index (χ3n) is 2.82. The normalized spacial score (nSPS) is 12.4. The Morgan fingerprint density at radius 1 is 1.33 bits per heavy atom. The molecular weight excluding hydrogens is 252 g/mol. The molecule has 0 heterocycles. The van der Waals surface area contributed by atoms with Crippen LogP contribution in [0.5, 0.6) is 0 Å². The Morgan fingerprint density at radius 3 is 2.67 bits per heavy atom. The molecule has 0 aromatic heterocycles. The van der Waals surface area contributed by atoms with Crippen LogP contribution in [0.2, 0.25) is 5.02 Å². The number of para-hydroxylation sites is 1. The summed E-state index contributed by atoms with van der Waals surface area (Å²) < 4.78 is 10.3. The number of methoxy groups -OCH3 is 2. The molecule has 0 spiro atoms. The number of nitrogens with two attached hydrogens (primary N) is 1. The van der Waals surface area contributed by atoms with E-state index in [2.05, 4.69) is 11.8 Å². The van der Waals surface area contributed by atoms with Crippen molar-refractivity contribution in [3.05, 3.63) is 23.2 Å². The van der Waals surface area contributed by atoms with E-state index in [0.29, 0.717) is 23.9 Å². The minimum Gasteiger partial charge on any atom is -0.396 e. The molecule has 4 nitrogen and oxygen atoms in total. The predicted octanol–water partition coefficient (Wildman–Crippen LogP) is 2.41. The average molecular weight is 273 g/mol. The minimum atomic E-state index is 0.200. The Hall–Kier alpha value is -0.970. The molecule has 1 rings (SSSR count). The third-order valence-corrected chi connectivity index (χ3v) is 3.15. The van der Waals surface area contributed by atoms with E-state index < -0.39 is 0 Å². The highest BCUT2D eigenvalue weighted by Crippen LogP contribution is 2.31. The molecule has 0 aliphatic heterocycles. The van der Waals surface area contributed by atoms with Crippen LogP contribution in [-0.2, 0) is 9.47 Å². The molecule has 0 bridgehead atoms. The van der Waals surface area contributed by atoms with Crippen LogP contribution in [0.4, 0.5) is 11.4 Å². The van der Waals surface area contributed by atoms with E-state index >= 15 is 0 Å². The zero-order valence-corrected chi connectivity index (χ0v) is 11.9. The Kier molecular flexibility index (Phi) is 6.25. The Balaban J connectivity index is 2.97. The van der Waals surface area contributed by atoms with E-state index in [-0.39, 0.29) is 6.04 Å². The summed E-state index contributed by atoms with van der Waals surface area (Å²) in [6.07, 6.45) is 0. The third kappa shape index (κ3) is 3.77. The van der Waals surface area contributed by atoms with Crippen molar-refractivity contribution in [2.75, 3.05) is 44.6 Å². The molecule has 0 saturated carbocycles. The van der Waals surface area contributed by atoms with Crippen LogP contribution in [0, 0.1) is 0 Å². The van der Waals surface area contributed by atoms with Crippen molar-refractivity contribution in [1.82, 2.24) is 0 Å². The molecule has 0 aliphatic carbocycles. The first-order valence-electron chi connectivity index (χ1n) is 5.90. The van der Waals surface area contributed by atoms with Gasteiger partial charge >= 0.3 is 0 Å². The van der Waals surface area contributed by atoms with Crippen LogP contribution < -0.4 is 10.6 Å². The zero-order valence-electron chi connectivity index (χ0n) is 11.1. The fourth-order valence-corrected chi connectivity index (χ4v) is 2.04. The monoisotopic (exact) mass is 272 g/mol. The molecule has 1 aromatic carbocycles. The number of nitrogen functional groups attached to an aromatic ring is 1. The lowest BCUT2D eigenvalue weighted by molar-refractivity contribution is 0.171. The fraction of sp³-hybridized carbons (Fsp3) is 0.538. The molecule has 1 unspecified atom stereocenters. The molecule has 5 heteroatoms. The number of anilines is 2. The number of hydrogen-bond acceptors (Lipinski definition) is 4. The molecule has 2 N–H and O–H groups in total. The van der Waals surface area contributed by atoms with Gasteiger partial charge in [-0.05, 0) is 19.1 Å². The summed E-state index contributed by atoms with van der Waals surface area (Å²) in [5, 5.41) is 0.569. The van der Waals surface area contributed by atoms with Gasteiger partial charge in [-0.1, -0.05) is 17.7 Å². The Bertz CT molecular complexity index is 374. The summed E-state index contributed by atoms with van der Waals surface area (Å²) >= 11 is 6.06. The van der Waals surface area contributed by atoms with Gasteiger partial charge in [0.1, 0.15) is 0 Å². The average Bonchev–Trinajstić information content (AvgIpc) is 2.35. The molecular formula is C13H21ClN2O2. The Labute approximate surface area is 114 Å². The number of halogens is 1. The highest BCUT2D eigenvalue weighted by Gasteiger charge is 2.17. The lowest BCUT2D eigenvalue weighted by Crippen LogP contribution is -2.39. The van der Waals surface area contributed by atoms with Crippen molar-refractivity contribution in [1.29, 1.82) is 0 Å². The topological polar surface area (TPSA) is 47.7 Å². The molecule has 102 valence electrons. The second kappa shape index (κ2) is 7.46. The van der Waals surface area contributed by atoms with Gasteiger partial charge in [-0.2, -0.15) is 0 Å². The summed E-state index contributed by atoms with van der Waals surface area (Å²) in [5.41, 5.74) is 7.55. The van der Waals surface area contributed by atoms with Crippen LogP contribution in [0.1, 0.15) is 6.92 Å². The van der Waals surface area contributed by atoms with Crippen molar-refractivity contribution in [2.24, 2.45) is 0 Å². The highest BCUT2D eigenvalue weighted by atomic mass is 35.5. The standard InChI is InChI=1S/C13H21ClN2O2/c1-10(9-18-3)16(7-8-17-2)12-6-4-5-11(14)13(12)15/h4-6,10H,7-9,15H2,1-3H3. The first kappa shape index (κ1) is 15.1. The van der Waals surface area contributed by atoms with Crippen molar-refractivity contribution >= 4 is 23.0 Å². The molecule has 0 aliphatic rings. The largest absolute Gasteiger partial charge is 0.396 e. The maximum absolute atomic E-state index is 6.06. The molecule has 0 saturated heterocycles. The van der Waals surface area contributed by atoms with Crippen LogP contribution in [-0.4, -0.2) is 40.0 Å². The molecule has 1 aromatic rings. The van der Waals surface area contributed by atoms with Crippen molar-refractivity contribution in [2.45, 2.75) is 13.0 Å². The molecule has 1 atom stereocenters. The van der Waals surface area contributed by atoms with Gasteiger partial charge in [-0.3, -0.25) is 0 Å². The fourth-order valence-electron chi connectivity index (χ4n) is 1.88. The number of benzene rings is 1. The first-order chi connectivity index (χ1) is 8.61. The summed E-state index contributed by atoms with van der Waals surface area (Å²) in [5.74, 6) is 0. The summed E-state index contributed by atoms with van der Waals surface area (Å²) in [4.78, 5) is 2.15. The van der Waals surface area contributed by atoms with Gasteiger partial charge in [0.2, 0.25) is 0 Å². The second-order valence-electron chi connectivity index (χ2n) is 4.16. The van der Waals surface area contributed by atoms with Gasteiger partial charge < -0.3 is 20.1 Å². The Morgan fingerprint density at radius 2 is 2.06 bits per heavy atom. The smallest absolute Gasteiger partial charge is 0.0741 e. The quantitative estimate of drug-likeness (QED) is 0.775. The number of rotatable bonds is 7. The van der Waals surface area contributed by atoms with Gasteiger partial charge in [-0.15, -0.1) is 0 Å². The lowest BCUT2D eigenvalue weighted by Gasteiger charge is -2.32. The van der Waals surface area contributed by atoms with Crippen LogP contribution >= 0.6 is 11.6 Å². The first-order valence-corrected chi connectivity index (χ1v) is 6.28. The van der Waals surface area contributed by atoms with E-state index in [4.69, 9.17) is 26.8 Å². The van der Waals surface area contributed by atoms with Crippen molar-refractivity contribution in [3.8, 4) is 0 Å².